The van der Waals surface area contributed by atoms with E-state index in [0.717, 1.165) is 22.8 Å². The summed E-state index contributed by atoms with van der Waals surface area (Å²) in [5, 5.41) is 0. The van der Waals surface area contributed by atoms with E-state index < -0.39 is 0 Å². The van der Waals surface area contributed by atoms with Crippen LogP contribution in [-0.2, 0) is 0 Å². The highest BCUT2D eigenvalue weighted by molar-refractivity contribution is 5.85. The summed E-state index contributed by atoms with van der Waals surface area (Å²) in [4.78, 5) is 4.42. The first-order valence-corrected chi connectivity index (χ1v) is 7.16. The molecule has 0 fully saturated rings. The molecule has 24 heavy (non-hydrogen) atoms. The zero-order chi connectivity index (χ0) is 15.4. The largest absolute Gasteiger partial charge is 0.457 e. The molecule has 0 saturated carbocycles. The quantitative estimate of drug-likeness (QED) is 0.643. The van der Waals surface area contributed by atoms with Crippen molar-refractivity contribution < 1.29 is 9.47 Å². The first kappa shape index (κ1) is 19.5. The number of hydrogen-bond acceptors (Lipinski definition) is 4. The van der Waals surface area contributed by atoms with E-state index in [0.29, 0.717) is 11.6 Å². The minimum absolute atomic E-state index is 0. The standard InChI is InChI=1S/C19H17NO2.ClH.H3N/c1-14-11-12-19(20-15(14)2)22-18-10-6-9-17(13-18)21-16-7-4-3-5-8-16;;/h3-13H,1-2H3;1H;1H3. The molecule has 0 atom stereocenters. The van der Waals surface area contributed by atoms with Gasteiger partial charge in [-0.3, -0.25) is 0 Å². The van der Waals surface area contributed by atoms with Gasteiger partial charge in [0, 0.05) is 17.8 Å². The van der Waals surface area contributed by atoms with E-state index in [4.69, 9.17) is 9.47 Å². The number of rotatable bonds is 4. The summed E-state index contributed by atoms with van der Waals surface area (Å²) in [6.45, 7) is 4.00. The number of halogens is 1. The normalized spacial score (nSPS) is 9.42. The van der Waals surface area contributed by atoms with Gasteiger partial charge in [0.25, 0.3) is 0 Å². The highest BCUT2D eigenvalue weighted by Crippen LogP contribution is 2.27. The summed E-state index contributed by atoms with van der Waals surface area (Å²) in [6.07, 6.45) is 0. The monoisotopic (exact) mass is 344 g/mol. The Kier molecular flexibility index (Phi) is 7.24. The smallest absolute Gasteiger partial charge is 0.219 e. The Morgan fingerprint density at radius 1 is 0.708 bits per heavy atom. The fourth-order valence-electron chi connectivity index (χ4n) is 2.01. The lowest BCUT2D eigenvalue weighted by Crippen LogP contribution is -1.92. The van der Waals surface area contributed by atoms with E-state index in [-0.39, 0.29) is 18.6 Å². The van der Waals surface area contributed by atoms with Gasteiger partial charge >= 0.3 is 0 Å². The maximum atomic E-state index is 5.80. The summed E-state index contributed by atoms with van der Waals surface area (Å²) >= 11 is 0. The summed E-state index contributed by atoms with van der Waals surface area (Å²) < 4.78 is 11.6. The van der Waals surface area contributed by atoms with E-state index in [9.17, 15) is 0 Å². The second-order valence-corrected chi connectivity index (χ2v) is 5.04. The number of para-hydroxylation sites is 1. The van der Waals surface area contributed by atoms with Crippen molar-refractivity contribution in [1.82, 2.24) is 11.1 Å². The molecule has 1 aromatic heterocycles. The number of pyridine rings is 1. The second-order valence-electron chi connectivity index (χ2n) is 5.04. The number of aromatic nitrogens is 1. The fourth-order valence-corrected chi connectivity index (χ4v) is 2.01. The molecule has 1 heterocycles. The van der Waals surface area contributed by atoms with Crippen LogP contribution in [0, 0.1) is 13.8 Å². The number of benzene rings is 2. The molecule has 0 aliphatic carbocycles. The lowest BCUT2D eigenvalue weighted by Gasteiger charge is -2.09. The summed E-state index contributed by atoms with van der Waals surface area (Å²) in [6, 6.07) is 21.1. The molecule has 3 rings (SSSR count). The van der Waals surface area contributed by atoms with E-state index in [1.807, 2.05) is 80.6 Å². The maximum absolute atomic E-state index is 5.80. The minimum Gasteiger partial charge on any atom is -0.457 e. The van der Waals surface area contributed by atoms with Crippen molar-refractivity contribution in [2.24, 2.45) is 0 Å². The van der Waals surface area contributed by atoms with E-state index in [1.54, 1.807) is 0 Å². The topological polar surface area (TPSA) is 66.3 Å². The van der Waals surface area contributed by atoms with Crippen LogP contribution in [0.3, 0.4) is 0 Å². The molecule has 0 spiro atoms. The van der Waals surface area contributed by atoms with Crippen LogP contribution in [0.15, 0.2) is 66.7 Å². The van der Waals surface area contributed by atoms with Crippen LogP contribution in [0.1, 0.15) is 11.3 Å². The molecule has 0 aliphatic rings. The van der Waals surface area contributed by atoms with Crippen LogP contribution in [0.2, 0.25) is 0 Å². The van der Waals surface area contributed by atoms with Gasteiger partial charge in [-0.2, -0.15) is 0 Å². The Labute approximate surface area is 148 Å². The molecule has 4 nitrogen and oxygen atoms in total. The van der Waals surface area contributed by atoms with Crippen molar-refractivity contribution >= 4 is 12.4 Å². The van der Waals surface area contributed by atoms with Gasteiger partial charge in [-0.15, -0.1) is 12.4 Å². The van der Waals surface area contributed by atoms with E-state index >= 15 is 0 Å². The van der Waals surface area contributed by atoms with Crippen molar-refractivity contribution in [3.8, 4) is 23.1 Å². The van der Waals surface area contributed by atoms with Crippen LogP contribution >= 0.6 is 12.4 Å². The second kappa shape index (κ2) is 8.91. The van der Waals surface area contributed by atoms with E-state index in [1.165, 1.54) is 0 Å². The molecule has 2 aromatic carbocycles. The number of nitrogens with zero attached hydrogens (tertiary/aromatic N) is 1. The van der Waals surface area contributed by atoms with Crippen molar-refractivity contribution in [3.63, 3.8) is 0 Å². The average molecular weight is 345 g/mol. The maximum Gasteiger partial charge on any atom is 0.219 e. The number of hydrogen-bond donors (Lipinski definition) is 1. The Morgan fingerprint density at radius 2 is 1.33 bits per heavy atom. The lowest BCUT2D eigenvalue weighted by atomic mass is 10.2. The third-order valence-electron chi connectivity index (χ3n) is 3.33. The van der Waals surface area contributed by atoms with Crippen LogP contribution in [0.25, 0.3) is 0 Å². The average Bonchev–Trinajstić information content (AvgIpc) is 2.52. The van der Waals surface area contributed by atoms with Crippen molar-refractivity contribution in [1.29, 1.82) is 0 Å². The van der Waals surface area contributed by atoms with Crippen LogP contribution in [0.5, 0.6) is 23.1 Å². The number of aryl methyl sites for hydroxylation is 2. The summed E-state index contributed by atoms with van der Waals surface area (Å²) in [5.74, 6) is 2.81. The third kappa shape index (κ3) is 4.98. The van der Waals surface area contributed by atoms with Crippen molar-refractivity contribution in [2.45, 2.75) is 13.8 Å². The molecule has 0 saturated heterocycles. The van der Waals surface area contributed by atoms with Gasteiger partial charge in [0.05, 0.1) is 0 Å². The van der Waals surface area contributed by atoms with Gasteiger partial charge in [0.15, 0.2) is 0 Å². The van der Waals surface area contributed by atoms with Crippen LogP contribution in [0.4, 0.5) is 0 Å². The van der Waals surface area contributed by atoms with Gasteiger partial charge in [-0.25, -0.2) is 4.98 Å². The van der Waals surface area contributed by atoms with Crippen molar-refractivity contribution in [2.75, 3.05) is 0 Å². The van der Waals surface area contributed by atoms with Gasteiger partial charge in [0.1, 0.15) is 17.2 Å². The Bertz CT molecular complexity index is 779. The Morgan fingerprint density at radius 3 is 2.00 bits per heavy atom. The summed E-state index contributed by atoms with van der Waals surface area (Å²) in [7, 11) is 0. The van der Waals surface area contributed by atoms with E-state index in [2.05, 4.69) is 4.98 Å². The number of ether oxygens (including phenoxy) is 2. The molecule has 0 bridgehead atoms. The minimum atomic E-state index is 0. The highest BCUT2D eigenvalue weighted by Gasteiger charge is 2.03. The van der Waals surface area contributed by atoms with Crippen LogP contribution in [-0.4, -0.2) is 4.98 Å². The Balaban J connectivity index is 0.00000144. The fraction of sp³-hybridized carbons (Fsp3) is 0.105. The predicted octanol–water partition coefficient (Wildman–Crippen LogP) is 5.87. The molecule has 0 radical (unpaired) electrons. The zero-order valence-electron chi connectivity index (χ0n) is 13.7. The molecule has 3 aromatic rings. The molecule has 5 heteroatoms. The lowest BCUT2D eigenvalue weighted by molar-refractivity contribution is 0.448. The van der Waals surface area contributed by atoms with Crippen molar-refractivity contribution in [3.05, 3.63) is 78.0 Å². The highest BCUT2D eigenvalue weighted by atomic mass is 35.5. The first-order valence-electron chi connectivity index (χ1n) is 7.16. The molecule has 0 amide bonds. The molecule has 0 aliphatic heterocycles. The molecule has 3 N–H and O–H groups in total. The summed E-state index contributed by atoms with van der Waals surface area (Å²) in [5.41, 5.74) is 2.11. The third-order valence-corrected chi connectivity index (χ3v) is 3.33. The van der Waals surface area contributed by atoms with Gasteiger partial charge in [-0.05, 0) is 43.7 Å². The first-order chi connectivity index (χ1) is 10.7. The molecule has 126 valence electrons. The molecular weight excluding hydrogens is 324 g/mol. The predicted molar refractivity (Wildman–Crippen MR) is 99.0 cm³/mol. The Hall–Kier alpha value is -2.56. The molecular formula is C19H21ClN2O2. The van der Waals surface area contributed by atoms with Gasteiger partial charge < -0.3 is 15.6 Å². The van der Waals surface area contributed by atoms with Gasteiger partial charge in [0.2, 0.25) is 5.88 Å². The van der Waals surface area contributed by atoms with Crippen LogP contribution < -0.4 is 15.6 Å². The molecule has 0 unspecified atom stereocenters. The van der Waals surface area contributed by atoms with Gasteiger partial charge in [-0.1, -0.05) is 30.3 Å². The SMILES string of the molecule is Cc1ccc(Oc2cccc(Oc3ccccc3)c2)nc1C.Cl.N. The zero-order valence-corrected chi connectivity index (χ0v) is 14.5.